The van der Waals surface area contributed by atoms with Crippen LogP contribution in [0.2, 0.25) is 0 Å². The third kappa shape index (κ3) is 6.28. The van der Waals surface area contributed by atoms with Crippen molar-refractivity contribution in [2.45, 2.75) is 32.0 Å². The molecule has 7 heteroatoms. The van der Waals surface area contributed by atoms with Gasteiger partial charge >= 0.3 is 0 Å². The summed E-state index contributed by atoms with van der Waals surface area (Å²) in [7, 11) is 1.82. The number of rotatable bonds is 7. The first kappa shape index (κ1) is 20.7. The molecule has 1 saturated heterocycles. The number of halogens is 1. The van der Waals surface area contributed by atoms with E-state index < -0.39 is 0 Å². The molecule has 2 aromatic rings. The molecule has 0 amide bonds. The summed E-state index contributed by atoms with van der Waals surface area (Å²) >= 11 is 0. The van der Waals surface area contributed by atoms with E-state index in [1.54, 1.807) is 6.20 Å². The molecule has 2 heterocycles. The molecule has 2 N–H and O–H groups in total. The van der Waals surface area contributed by atoms with Gasteiger partial charge < -0.3 is 10.6 Å². The molecule has 0 radical (unpaired) electrons. The molecule has 3 rings (SSSR count). The monoisotopic (exact) mass is 468 g/mol. The van der Waals surface area contributed by atoms with Crippen LogP contribution in [0.5, 0.6) is 0 Å². The third-order valence-electron chi connectivity index (χ3n) is 4.65. The van der Waals surface area contributed by atoms with Crippen LogP contribution in [0.4, 0.5) is 0 Å². The topological polar surface area (TPSA) is 57.5 Å². The summed E-state index contributed by atoms with van der Waals surface area (Å²) < 4.78 is 1.92. The molecule has 6 nitrogen and oxygen atoms in total. The minimum absolute atomic E-state index is 0. The summed E-state index contributed by atoms with van der Waals surface area (Å²) in [5.41, 5.74) is 1.39. The van der Waals surface area contributed by atoms with Gasteiger partial charge in [-0.05, 0) is 31.0 Å². The average Bonchev–Trinajstić information content (AvgIpc) is 3.31. The van der Waals surface area contributed by atoms with Gasteiger partial charge in [0.2, 0.25) is 0 Å². The zero-order valence-electron chi connectivity index (χ0n) is 15.3. The lowest BCUT2D eigenvalue weighted by molar-refractivity contribution is 0.245. The van der Waals surface area contributed by atoms with Gasteiger partial charge in [0.15, 0.2) is 5.96 Å². The maximum absolute atomic E-state index is 4.32. The highest BCUT2D eigenvalue weighted by atomic mass is 127. The fraction of sp³-hybridized carbons (Fsp3) is 0.474. The number of hydrogen-bond acceptors (Lipinski definition) is 3. The van der Waals surface area contributed by atoms with Crippen LogP contribution in [0.1, 0.15) is 18.4 Å². The lowest BCUT2D eigenvalue weighted by atomic mass is 10.2. The number of hydrogen-bond donors (Lipinski definition) is 2. The maximum atomic E-state index is 4.32. The number of nitrogens with zero attached hydrogens (tertiary/aromatic N) is 4. The normalized spacial score (nSPS) is 17.7. The first-order valence-electron chi connectivity index (χ1n) is 9.05. The van der Waals surface area contributed by atoms with Gasteiger partial charge in [0.05, 0.1) is 6.54 Å². The van der Waals surface area contributed by atoms with Crippen molar-refractivity contribution in [2.24, 2.45) is 4.99 Å². The van der Waals surface area contributed by atoms with Crippen molar-refractivity contribution in [2.75, 3.05) is 26.7 Å². The predicted octanol–water partition coefficient (Wildman–Crippen LogP) is 2.33. The van der Waals surface area contributed by atoms with E-state index in [2.05, 4.69) is 56.0 Å². The third-order valence-corrected chi connectivity index (χ3v) is 4.65. The summed E-state index contributed by atoms with van der Waals surface area (Å²) in [5, 5.41) is 11.0. The van der Waals surface area contributed by atoms with Crippen LogP contribution in [0.3, 0.4) is 0 Å². The molecule has 1 aromatic carbocycles. The van der Waals surface area contributed by atoms with E-state index in [4.69, 9.17) is 0 Å². The average molecular weight is 468 g/mol. The van der Waals surface area contributed by atoms with E-state index in [0.29, 0.717) is 6.04 Å². The second kappa shape index (κ2) is 11.2. The van der Waals surface area contributed by atoms with E-state index in [-0.39, 0.29) is 24.0 Å². The predicted molar refractivity (Wildman–Crippen MR) is 117 cm³/mol. The fourth-order valence-corrected chi connectivity index (χ4v) is 3.31. The summed E-state index contributed by atoms with van der Waals surface area (Å²) in [5.74, 6) is 0.860. The molecule has 26 heavy (non-hydrogen) atoms. The van der Waals surface area contributed by atoms with Crippen LogP contribution in [0.25, 0.3) is 0 Å². The molecule has 1 aliphatic heterocycles. The van der Waals surface area contributed by atoms with E-state index >= 15 is 0 Å². The standard InChI is InChI=1S/C19H28N6.HI/c1-20-19(21-11-14-25-13-6-10-23-25)22-15-18-9-5-12-24(18)16-17-7-3-2-4-8-17;/h2-4,6-8,10,13,18H,5,9,11-12,14-16H2,1H3,(H2,20,21,22);1H. The van der Waals surface area contributed by atoms with Crippen LogP contribution in [0, 0.1) is 0 Å². The highest BCUT2D eigenvalue weighted by molar-refractivity contribution is 14.0. The van der Waals surface area contributed by atoms with Crippen LogP contribution in [-0.4, -0.2) is 53.4 Å². The van der Waals surface area contributed by atoms with Gasteiger partial charge in [-0.3, -0.25) is 14.6 Å². The molecule has 1 fully saturated rings. The van der Waals surface area contributed by atoms with Gasteiger partial charge in [0.25, 0.3) is 0 Å². The van der Waals surface area contributed by atoms with Crippen molar-refractivity contribution in [3.63, 3.8) is 0 Å². The number of benzene rings is 1. The fourth-order valence-electron chi connectivity index (χ4n) is 3.31. The number of aromatic nitrogens is 2. The van der Waals surface area contributed by atoms with Crippen molar-refractivity contribution in [3.8, 4) is 0 Å². The largest absolute Gasteiger partial charge is 0.355 e. The summed E-state index contributed by atoms with van der Waals surface area (Å²) in [6.45, 7) is 4.76. The van der Waals surface area contributed by atoms with E-state index in [1.165, 1.54) is 24.9 Å². The SMILES string of the molecule is CN=C(NCCn1cccn1)NCC1CCCN1Cc1ccccc1.I. The lowest BCUT2D eigenvalue weighted by Gasteiger charge is -2.25. The Hall–Kier alpha value is -1.61. The second-order valence-corrected chi connectivity index (χ2v) is 6.40. The highest BCUT2D eigenvalue weighted by Gasteiger charge is 2.24. The summed E-state index contributed by atoms with van der Waals surface area (Å²) in [6, 6.07) is 13.2. The van der Waals surface area contributed by atoms with Gasteiger partial charge in [0.1, 0.15) is 0 Å². The van der Waals surface area contributed by atoms with Crippen molar-refractivity contribution < 1.29 is 0 Å². The molecule has 0 saturated carbocycles. The Bertz CT molecular complexity index is 643. The van der Waals surface area contributed by atoms with Gasteiger partial charge in [0, 0.05) is 45.1 Å². The van der Waals surface area contributed by atoms with Crippen molar-refractivity contribution >= 4 is 29.9 Å². The minimum atomic E-state index is 0. The second-order valence-electron chi connectivity index (χ2n) is 6.40. The zero-order chi connectivity index (χ0) is 17.3. The molecule has 1 aromatic heterocycles. The van der Waals surface area contributed by atoms with Crippen molar-refractivity contribution in [1.82, 2.24) is 25.3 Å². The summed E-state index contributed by atoms with van der Waals surface area (Å²) in [6.07, 6.45) is 6.28. The van der Waals surface area contributed by atoms with E-state index in [1.807, 2.05) is 24.0 Å². The molecule has 0 bridgehead atoms. The zero-order valence-corrected chi connectivity index (χ0v) is 17.7. The minimum Gasteiger partial charge on any atom is -0.355 e. The van der Waals surface area contributed by atoms with Gasteiger partial charge in [-0.1, -0.05) is 30.3 Å². The smallest absolute Gasteiger partial charge is 0.191 e. The molecular weight excluding hydrogens is 439 g/mol. The van der Waals surface area contributed by atoms with Crippen LogP contribution < -0.4 is 10.6 Å². The Kier molecular flexibility index (Phi) is 8.90. The Morgan fingerprint density at radius 3 is 2.81 bits per heavy atom. The number of nitrogens with one attached hydrogen (secondary N) is 2. The number of likely N-dealkylation sites (tertiary alicyclic amines) is 1. The maximum Gasteiger partial charge on any atom is 0.191 e. The van der Waals surface area contributed by atoms with Crippen LogP contribution in [0.15, 0.2) is 53.8 Å². The van der Waals surface area contributed by atoms with E-state index in [9.17, 15) is 0 Å². The van der Waals surface area contributed by atoms with Crippen molar-refractivity contribution in [1.29, 1.82) is 0 Å². The quantitative estimate of drug-likeness (QED) is 0.372. The number of aliphatic imine (C=N–C) groups is 1. The molecule has 142 valence electrons. The van der Waals surface area contributed by atoms with Crippen LogP contribution >= 0.6 is 24.0 Å². The Morgan fingerprint density at radius 2 is 2.08 bits per heavy atom. The highest BCUT2D eigenvalue weighted by Crippen LogP contribution is 2.19. The van der Waals surface area contributed by atoms with Gasteiger partial charge in [-0.15, -0.1) is 24.0 Å². The number of guanidine groups is 1. The first-order valence-corrected chi connectivity index (χ1v) is 9.05. The van der Waals surface area contributed by atoms with Crippen molar-refractivity contribution in [3.05, 3.63) is 54.4 Å². The molecular formula is C19H29IN6. The molecule has 0 spiro atoms. The Morgan fingerprint density at radius 1 is 1.23 bits per heavy atom. The molecule has 1 aliphatic rings. The lowest BCUT2D eigenvalue weighted by Crippen LogP contribution is -2.45. The Balaban J connectivity index is 0.00000243. The summed E-state index contributed by atoms with van der Waals surface area (Å²) in [4.78, 5) is 6.89. The van der Waals surface area contributed by atoms with Gasteiger partial charge in [-0.25, -0.2) is 0 Å². The van der Waals surface area contributed by atoms with Gasteiger partial charge in [-0.2, -0.15) is 5.10 Å². The van der Waals surface area contributed by atoms with Crippen LogP contribution in [-0.2, 0) is 13.1 Å². The molecule has 1 unspecified atom stereocenters. The molecule has 0 aliphatic carbocycles. The van der Waals surface area contributed by atoms with E-state index in [0.717, 1.165) is 32.1 Å². The first-order chi connectivity index (χ1) is 12.3. The molecule has 1 atom stereocenters. The Labute approximate surface area is 173 Å².